The number of hydrogen-bond donors (Lipinski definition) is 0. The van der Waals surface area contributed by atoms with Gasteiger partial charge in [0.2, 0.25) is 0 Å². The number of aromatic nitrogens is 1. The molecular formula is C20H16BrN. The molecule has 3 aromatic rings. The van der Waals surface area contributed by atoms with Crippen molar-refractivity contribution in [3.8, 4) is 0 Å². The molecule has 1 aliphatic rings. The Bertz CT molecular complexity index is 760. The Hall–Kier alpha value is -1.93. The summed E-state index contributed by atoms with van der Waals surface area (Å²) in [5.74, 6) is 0.274. The zero-order chi connectivity index (χ0) is 14.9. The van der Waals surface area contributed by atoms with Crippen LogP contribution in [0.3, 0.4) is 0 Å². The van der Waals surface area contributed by atoms with E-state index in [1.54, 1.807) is 0 Å². The maximum absolute atomic E-state index is 4.65. The predicted octanol–water partition coefficient (Wildman–Crippen LogP) is 5.12. The van der Waals surface area contributed by atoms with Gasteiger partial charge >= 0.3 is 0 Å². The van der Waals surface area contributed by atoms with Gasteiger partial charge in [-0.2, -0.15) is 0 Å². The summed E-state index contributed by atoms with van der Waals surface area (Å²) < 4.78 is 1.12. The van der Waals surface area contributed by atoms with Gasteiger partial charge in [-0.15, -0.1) is 0 Å². The van der Waals surface area contributed by atoms with Crippen LogP contribution in [-0.4, -0.2) is 4.98 Å². The molecule has 1 heterocycles. The maximum atomic E-state index is 4.65. The Morgan fingerprint density at radius 1 is 0.818 bits per heavy atom. The van der Waals surface area contributed by atoms with Gasteiger partial charge in [-0.3, -0.25) is 4.98 Å². The second-order valence-electron chi connectivity index (χ2n) is 5.72. The van der Waals surface area contributed by atoms with Crippen molar-refractivity contribution in [3.05, 3.63) is 99.3 Å². The molecule has 0 aliphatic heterocycles. The third kappa shape index (κ3) is 2.38. The minimum Gasteiger partial charge on any atom is -0.261 e. The first kappa shape index (κ1) is 13.7. The molecule has 2 heteroatoms. The summed E-state index contributed by atoms with van der Waals surface area (Å²) in [7, 11) is 0. The van der Waals surface area contributed by atoms with Gasteiger partial charge in [-0.05, 0) is 53.3 Å². The lowest BCUT2D eigenvalue weighted by atomic mass is 9.84. The lowest BCUT2D eigenvalue weighted by molar-refractivity contribution is 0.907. The van der Waals surface area contributed by atoms with Crippen molar-refractivity contribution < 1.29 is 0 Å². The van der Waals surface area contributed by atoms with E-state index in [2.05, 4.69) is 81.6 Å². The second kappa shape index (κ2) is 5.69. The van der Waals surface area contributed by atoms with Crippen molar-refractivity contribution in [2.45, 2.75) is 18.8 Å². The van der Waals surface area contributed by atoms with E-state index in [1.165, 1.54) is 27.9 Å². The molecule has 1 atom stereocenters. The highest BCUT2D eigenvalue weighted by Gasteiger charge is 2.25. The summed E-state index contributed by atoms with van der Waals surface area (Å²) in [6, 6.07) is 21.8. The van der Waals surface area contributed by atoms with Crippen LogP contribution < -0.4 is 0 Å². The first-order chi connectivity index (χ1) is 10.8. The highest BCUT2D eigenvalue weighted by Crippen LogP contribution is 2.38. The number of aryl methyl sites for hydroxylation is 2. The molecule has 0 saturated heterocycles. The molecule has 0 saturated carbocycles. The van der Waals surface area contributed by atoms with Gasteiger partial charge in [0.25, 0.3) is 0 Å². The van der Waals surface area contributed by atoms with Crippen LogP contribution in [0, 0.1) is 0 Å². The van der Waals surface area contributed by atoms with Crippen LogP contribution in [0.25, 0.3) is 0 Å². The Morgan fingerprint density at radius 3 is 2.45 bits per heavy atom. The molecule has 0 bridgehead atoms. The highest BCUT2D eigenvalue weighted by molar-refractivity contribution is 9.10. The minimum atomic E-state index is 0.274. The molecule has 0 spiro atoms. The van der Waals surface area contributed by atoms with Crippen molar-refractivity contribution in [2.75, 3.05) is 0 Å². The molecule has 1 unspecified atom stereocenters. The molecule has 0 fully saturated rings. The number of pyridine rings is 1. The van der Waals surface area contributed by atoms with Crippen molar-refractivity contribution in [2.24, 2.45) is 0 Å². The minimum absolute atomic E-state index is 0.274. The molecule has 0 N–H and O–H groups in total. The van der Waals surface area contributed by atoms with Crippen molar-refractivity contribution in [3.63, 3.8) is 0 Å². The number of halogens is 1. The Morgan fingerprint density at radius 2 is 1.59 bits per heavy atom. The third-order valence-electron chi connectivity index (χ3n) is 4.44. The monoisotopic (exact) mass is 349 g/mol. The topological polar surface area (TPSA) is 12.9 Å². The summed E-state index contributed by atoms with van der Waals surface area (Å²) in [5, 5.41) is 0. The van der Waals surface area contributed by atoms with Gasteiger partial charge in [-0.1, -0.05) is 58.4 Å². The first-order valence-electron chi connectivity index (χ1n) is 7.60. The van der Waals surface area contributed by atoms with Gasteiger partial charge in [-0.25, -0.2) is 0 Å². The Kier molecular flexibility index (Phi) is 3.55. The number of fused-ring (bicyclic) bond motifs is 2. The van der Waals surface area contributed by atoms with Crippen LogP contribution >= 0.6 is 15.9 Å². The van der Waals surface area contributed by atoms with E-state index in [0.29, 0.717) is 0 Å². The maximum Gasteiger partial charge on any atom is 0.0448 e. The molecule has 0 amide bonds. The van der Waals surface area contributed by atoms with Gasteiger partial charge in [0, 0.05) is 22.3 Å². The van der Waals surface area contributed by atoms with Crippen LogP contribution in [0.2, 0.25) is 0 Å². The molecule has 1 aromatic heterocycles. The Labute approximate surface area is 139 Å². The lowest BCUT2D eigenvalue weighted by Gasteiger charge is -2.20. The molecule has 1 nitrogen and oxygen atoms in total. The number of rotatable bonds is 1. The van der Waals surface area contributed by atoms with Gasteiger partial charge in [0.05, 0.1) is 0 Å². The van der Waals surface area contributed by atoms with E-state index in [-0.39, 0.29) is 5.92 Å². The SMILES string of the molecule is Brc1ccc(C2c3ccccc3CCc3ncccc32)cc1. The van der Waals surface area contributed by atoms with Crippen molar-refractivity contribution in [1.82, 2.24) is 4.98 Å². The molecule has 4 rings (SSSR count). The van der Waals surface area contributed by atoms with E-state index in [1.807, 2.05) is 6.20 Å². The highest BCUT2D eigenvalue weighted by atomic mass is 79.9. The van der Waals surface area contributed by atoms with Gasteiger partial charge in [0.1, 0.15) is 0 Å². The van der Waals surface area contributed by atoms with Gasteiger partial charge in [0.15, 0.2) is 0 Å². The molecule has 2 aromatic carbocycles. The summed E-state index contributed by atoms with van der Waals surface area (Å²) in [5.41, 5.74) is 6.75. The second-order valence-corrected chi connectivity index (χ2v) is 6.64. The molecule has 22 heavy (non-hydrogen) atoms. The molecule has 1 aliphatic carbocycles. The average molecular weight is 350 g/mol. The van der Waals surface area contributed by atoms with Crippen LogP contribution in [0.5, 0.6) is 0 Å². The quantitative estimate of drug-likeness (QED) is 0.593. The summed E-state index contributed by atoms with van der Waals surface area (Å²) >= 11 is 3.54. The Balaban J connectivity index is 1.96. The number of nitrogens with zero attached hydrogens (tertiary/aromatic N) is 1. The summed E-state index contributed by atoms with van der Waals surface area (Å²) in [4.78, 5) is 4.65. The van der Waals surface area contributed by atoms with Gasteiger partial charge < -0.3 is 0 Å². The molecular weight excluding hydrogens is 334 g/mol. The number of benzene rings is 2. The fourth-order valence-electron chi connectivity index (χ4n) is 3.40. The van der Waals surface area contributed by atoms with E-state index in [0.717, 1.165) is 17.3 Å². The van der Waals surface area contributed by atoms with Crippen LogP contribution in [-0.2, 0) is 12.8 Å². The standard InChI is InChI=1S/C20H16BrN/c21-16-10-7-15(8-11-16)20-17-5-2-1-4-14(17)9-12-19-18(20)6-3-13-22-19/h1-8,10-11,13,20H,9,12H2. The third-order valence-corrected chi connectivity index (χ3v) is 4.97. The largest absolute Gasteiger partial charge is 0.261 e. The predicted molar refractivity (Wildman–Crippen MR) is 93.2 cm³/mol. The fourth-order valence-corrected chi connectivity index (χ4v) is 3.66. The average Bonchev–Trinajstić information content (AvgIpc) is 2.73. The van der Waals surface area contributed by atoms with E-state index < -0.39 is 0 Å². The first-order valence-corrected chi connectivity index (χ1v) is 8.39. The van der Waals surface area contributed by atoms with Crippen LogP contribution in [0.1, 0.15) is 33.9 Å². The van der Waals surface area contributed by atoms with Crippen molar-refractivity contribution in [1.29, 1.82) is 0 Å². The summed E-state index contributed by atoms with van der Waals surface area (Å²) in [6.45, 7) is 0. The normalized spacial score (nSPS) is 16.5. The van der Waals surface area contributed by atoms with E-state index in [4.69, 9.17) is 0 Å². The van der Waals surface area contributed by atoms with Crippen LogP contribution in [0.15, 0.2) is 71.3 Å². The molecule has 0 radical (unpaired) electrons. The zero-order valence-electron chi connectivity index (χ0n) is 12.2. The van der Waals surface area contributed by atoms with E-state index in [9.17, 15) is 0 Å². The smallest absolute Gasteiger partial charge is 0.0448 e. The molecule has 108 valence electrons. The number of hydrogen-bond acceptors (Lipinski definition) is 1. The zero-order valence-corrected chi connectivity index (χ0v) is 13.8. The van der Waals surface area contributed by atoms with Crippen molar-refractivity contribution >= 4 is 15.9 Å². The van der Waals surface area contributed by atoms with E-state index >= 15 is 0 Å². The fraction of sp³-hybridized carbons (Fsp3) is 0.150. The lowest BCUT2D eigenvalue weighted by Crippen LogP contribution is -2.06. The summed E-state index contributed by atoms with van der Waals surface area (Å²) in [6.07, 6.45) is 3.99. The van der Waals surface area contributed by atoms with Crippen LogP contribution in [0.4, 0.5) is 0 Å².